The predicted molar refractivity (Wildman–Crippen MR) is 155 cm³/mol. The molecule has 8 heteroatoms. The Morgan fingerprint density at radius 1 is 0.923 bits per heavy atom. The predicted octanol–water partition coefficient (Wildman–Crippen LogP) is 5.50. The first-order valence-electron chi connectivity index (χ1n) is 13.4. The molecule has 2 aromatic carbocycles. The summed E-state index contributed by atoms with van der Waals surface area (Å²) in [5, 5.41) is 15.8. The van der Waals surface area contributed by atoms with Crippen LogP contribution in [0.3, 0.4) is 0 Å². The Morgan fingerprint density at radius 3 is 1.97 bits per heavy atom. The highest BCUT2D eigenvalue weighted by molar-refractivity contribution is 6.00. The van der Waals surface area contributed by atoms with Crippen LogP contribution >= 0.6 is 0 Å². The number of hydrogen-bond acceptors (Lipinski definition) is 5. The molecule has 3 amide bonds. The van der Waals surface area contributed by atoms with Crippen LogP contribution in [0.5, 0.6) is 0 Å². The van der Waals surface area contributed by atoms with E-state index in [4.69, 9.17) is 4.74 Å². The van der Waals surface area contributed by atoms with Crippen molar-refractivity contribution in [3.8, 4) is 0 Å². The Hall–Kier alpha value is -3.39. The summed E-state index contributed by atoms with van der Waals surface area (Å²) in [6, 6.07) is 9.07. The first-order chi connectivity index (χ1) is 18.0. The molecule has 0 bridgehead atoms. The fraction of sp³-hybridized carbons (Fsp3) is 0.516. The number of ether oxygens (including phenoxy) is 1. The van der Waals surface area contributed by atoms with Gasteiger partial charge in [0.15, 0.2) is 0 Å². The van der Waals surface area contributed by atoms with Gasteiger partial charge in [0.25, 0.3) is 5.91 Å². The zero-order valence-electron chi connectivity index (χ0n) is 25.1. The number of carbonyl (C=O) groups is 3. The van der Waals surface area contributed by atoms with Crippen molar-refractivity contribution in [2.24, 2.45) is 0 Å². The van der Waals surface area contributed by atoms with Gasteiger partial charge in [-0.15, -0.1) is 0 Å². The first kappa shape index (κ1) is 31.8. The molecule has 0 heterocycles. The standard InChI is InChI=1S/C31H45N3O5/c1-11-31(9,10)34(28(37)24(18-35)32-29(38)39-30(6,7)8)26(23-17-13-14-19(2)22(23)5)27(36)33-25-20(3)15-12-16-21(25)4/h12-17,24,26,35H,11,18H2,1-10H3,(H,32,38)(H,33,36). The highest BCUT2D eigenvalue weighted by atomic mass is 16.6. The minimum atomic E-state index is -1.31. The summed E-state index contributed by atoms with van der Waals surface area (Å²) in [4.78, 5) is 42.5. The van der Waals surface area contributed by atoms with E-state index in [0.29, 0.717) is 17.7 Å². The van der Waals surface area contributed by atoms with E-state index in [1.165, 1.54) is 4.90 Å². The number of aliphatic hydroxyl groups is 1. The second kappa shape index (κ2) is 12.6. The van der Waals surface area contributed by atoms with Gasteiger partial charge in [-0.3, -0.25) is 9.59 Å². The van der Waals surface area contributed by atoms with E-state index in [0.717, 1.165) is 22.3 Å². The summed E-state index contributed by atoms with van der Waals surface area (Å²) in [6.45, 7) is 17.9. The lowest BCUT2D eigenvalue weighted by Crippen LogP contribution is -2.59. The van der Waals surface area contributed by atoms with Gasteiger partial charge >= 0.3 is 6.09 Å². The van der Waals surface area contributed by atoms with E-state index in [-0.39, 0.29) is 5.91 Å². The minimum absolute atomic E-state index is 0.384. The maximum atomic E-state index is 14.2. The van der Waals surface area contributed by atoms with Gasteiger partial charge < -0.3 is 25.4 Å². The SMILES string of the molecule is CCC(C)(C)N(C(=O)C(CO)NC(=O)OC(C)(C)C)C(C(=O)Nc1c(C)cccc1C)c1cccc(C)c1C. The third-order valence-electron chi connectivity index (χ3n) is 7.10. The van der Waals surface area contributed by atoms with Crippen LogP contribution in [0.2, 0.25) is 0 Å². The van der Waals surface area contributed by atoms with Gasteiger partial charge in [0.2, 0.25) is 5.91 Å². The molecule has 8 nitrogen and oxygen atoms in total. The Kier molecular flexibility index (Phi) is 10.3. The molecule has 0 aliphatic heterocycles. The molecule has 2 unspecified atom stereocenters. The molecule has 2 aromatic rings. The van der Waals surface area contributed by atoms with E-state index in [9.17, 15) is 19.5 Å². The Balaban J connectivity index is 2.69. The van der Waals surface area contributed by atoms with Crippen molar-refractivity contribution in [3.63, 3.8) is 0 Å². The molecule has 0 spiro atoms. The zero-order valence-corrected chi connectivity index (χ0v) is 25.1. The van der Waals surface area contributed by atoms with Crippen LogP contribution in [0, 0.1) is 27.7 Å². The Labute approximate surface area is 233 Å². The Morgan fingerprint density at radius 2 is 1.46 bits per heavy atom. The van der Waals surface area contributed by atoms with Crippen molar-refractivity contribution in [2.45, 2.75) is 98.9 Å². The third-order valence-corrected chi connectivity index (χ3v) is 7.10. The highest BCUT2D eigenvalue weighted by Crippen LogP contribution is 2.35. The maximum absolute atomic E-state index is 14.2. The number of nitrogens with one attached hydrogen (secondary N) is 2. The number of nitrogens with zero attached hydrogens (tertiary/aromatic N) is 1. The largest absolute Gasteiger partial charge is 0.444 e. The van der Waals surface area contributed by atoms with Crippen molar-refractivity contribution in [1.29, 1.82) is 0 Å². The second-order valence-corrected chi connectivity index (χ2v) is 11.7. The van der Waals surface area contributed by atoms with E-state index >= 15 is 0 Å². The van der Waals surface area contributed by atoms with Crippen molar-refractivity contribution in [3.05, 3.63) is 64.2 Å². The van der Waals surface area contributed by atoms with Crippen LogP contribution in [-0.2, 0) is 14.3 Å². The number of anilines is 1. The monoisotopic (exact) mass is 539 g/mol. The van der Waals surface area contributed by atoms with Crippen LogP contribution in [0.4, 0.5) is 10.5 Å². The molecule has 3 N–H and O–H groups in total. The number of alkyl carbamates (subject to hydrolysis) is 1. The fourth-order valence-corrected chi connectivity index (χ4v) is 4.42. The van der Waals surface area contributed by atoms with Crippen molar-refractivity contribution >= 4 is 23.6 Å². The summed E-state index contributed by atoms with van der Waals surface area (Å²) in [6.07, 6.45) is -0.311. The average Bonchev–Trinajstić information content (AvgIpc) is 2.83. The lowest BCUT2D eigenvalue weighted by molar-refractivity contribution is -0.148. The smallest absolute Gasteiger partial charge is 0.408 e. The molecule has 214 valence electrons. The number of aryl methyl sites for hydroxylation is 3. The van der Waals surface area contributed by atoms with E-state index in [1.54, 1.807) is 20.8 Å². The van der Waals surface area contributed by atoms with Crippen LogP contribution in [0.15, 0.2) is 36.4 Å². The molecule has 0 saturated carbocycles. The summed E-state index contributed by atoms with van der Waals surface area (Å²) >= 11 is 0. The van der Waals surface area contributed by atoms with Crippen molar-refractivity contribution in [1.82, 2.24) is 10.2 Å². The topological polar surface area (TPSA) is 108 Å². The number of hydrogen-bond donors (Lipinski definition) is 3. The molecule has 2 rings (SSSR count). The van der Waals surface area contributed by atoms with Crippen molar-refractivity contribution in [2.75, 3.05) is 11.9 Å². The molecule has 0 saturated heterocycles. The number of amides is 3. The molecule has 0 aromatic heterocycles. The summed E-state index contributed by atoms with van der Waals surface area (Å²) < 4.78 is 5.33. The number of rotatable bonds is 9. The summed E-state index contributed by atoms with van der Waals surface area (Å²) in [5.41, 5.74) is 3.40. The van der Waals surface area contributed by atoms with Crippen molar-refractivity contribution < 1.29 is 24.2 Å². The van der Waals surface area contributed by atoms with Gasteiger partial charge in [0, 0.05) is 11.2 Å². The minimum Gasteiger partial charge on any atom is -0.444 e. The van der Waals surface area contributed by atoms with Crippen LogP contribution in [-0.4, -0.2) is 51.7 Å². The molecule has 0 radical (unpaired) electrons. The second-order valence-electron chi connectivity index (χ2n) is 11.7. The molecule has 0 fully saturated rings. The summed E-state index contributed by atoms with van der Waals surface area (Å²) in [7, 11) is 0. The van der Waals surface area contributed by atoms with E-state index in [1.807, 2.05) is 84.9 Å². The molecular weight excluding hydrogens is 494 g/mol. The molecule has 0 aliphatic rings. The lowest BCUT2D eigenvalue weighted by atomic mass is 9.89. The quantitative estimate of drug-likeness (QED) is 0.390. The third kappa shape index (κ3) is 7.82. The van der Waals surface area contributed by atoms with Gasteiger partial charge in [-0.2, -0.15) is 0 Å². The van der Waals surface area contributed by atoms with Gasteiger partial charge in [-0.25, -0.2) is 4.79 Å². The van der Waals surface area contributed by atoms with Crippen LogP contribution < -0.4 is 10.6 Å². The lowest BCUT2D eigenvalue weighted by Gasteiger charge is -2.45. The molecule has 2 atom stereocenters. The van der Waals surface area contributed by atoms with E-state index in [2.05, 4.69) is 10.6 Å². The number of benzene rings is 2. The number of para-hydroxylation sites is 1. The first-order valence-corrected chi connectivity index (χ1v) is 13.4. The summed E-state index contributed by atoms with van der Waals surface area (Å²) in [5.74, 6) is -0.970. The zero-order chi connectivity index (χ0) is 29.7. The molecule has 39 heavy (non-hydrogen) atoms. The van der Waals surface area contributed by atoms with Gasteiger partial charge in [0.05, 0.1) is 6.61 Å². The van der Waals surface area contributed by atoms with E-state index < -0.39 is 41.8 Å². The normalized spacial score (nSPS) is 13.3. The van der Waals surface area contributed by atoms with Crippen LogP contribution in [0.1, 0.15) is 81.8 Å². The maximum Gasteiger partial charge on any atom is 0.408 e. The highest BCUT2D eigenvalue weighted by Gasteiger charge is 2.43. The molecule has 0 aliphatic carbocycles. The fourth-order valence-electron chi connectivity index (χ4n) is 4.42. The number of carbonyl (C=O) groups excluding carboxylic acids is 3. The average molecular weight is 540 g/mol. The van der Waals surface area contributed by atoms with Gasteiger partial charge in [0.1, 0.15) is 17.7 Å². The van der Waals surface area contributed by atoms with Gasteiger partial charge in [-0.05, 0) is 96.6 Å². The number of aliphatic hydroxyl groups excluding tert-OH is 1. The Bertz CT molecular complexity index is 1180. The van der Waals surface area contributed by atoms with Crippen LogP contribution in [0.25, 0.3) is 0 Å². The molecular formula is C31H45N3O5. The van der Waals surface area contributed by atoms with Gasteiger partial charge in [-0.1, -0.05) is 43.3 Å².